The monoisotopic (exact) mass is 416 g/mol. The molecule has 0 spiro atoms. The van der Waals surface area contributed by atoms with Gasteiger partial charge in [-0.25, -0.2) is 0 Å². The highest BCUT2D eigenvalue weighted by Gasteiger charge is 2.52. The standard InChI is InChI=1S/C20H32O9/c1-19(2)26-9-16-15(29-19)7-12(22)14(27-16)3-5-24-6-4-20(11-21)8-13(23)18-25-10-17(20)28-18/h13,15-18,21-23H,3-11H2,1-2H3/t13?,15-,16?,17?,18+,20?/m0/s1. The molecule has 0 amide bonds. The number of ether oxygens (including phenoxy) is 6. The Morgan fingerprint density at radius 2 is 2.00 bits per heavy atom. The summed E-state index contributed by atoms with van der Waals surface area (Å²) in [4.78, 5) is 0. The summed E-state index contributed by atoms with van der Waals surface area (Å²) < 4.78 is 34.2. The Hall–Kier alpha value is -0.940. The van der Waals surface area contributed by atoms with Crippen LogP contribution in [0.15, 0.2) is 11.5 Å². The molecule has 4 aliphatic heterocycles. The molecule has 4 unspecified atom stereocenters. The van der Waals surface area contributed by atoms with Gasteiger partial charge in [0.2, 0.25) is 0 Å². The number of aliphatic hydroxyl groups is 3. The van der Waals surface area contributed by atoms with Crippen LogP contribution in [0.2, 0.25) is 0 Å². The van der Waals surface area contributed by atoms with Crippen LogP contribution in [0.3, 0.4) is 0 Å². The van der Waals surface area contributed by atoms with Gasteiger partial charge < -0.3 is 43.7 Å². The van der Waals surface area contributed by atoms with Gasteiger partial charge in [0.1, 0.15) is 29.8 Å². The molecule has 9 nitrogen and oxygen atoms in total. The minimum absolute atomic E-state index is 0.0946. The van der Waals surface area contributed by atoms with Crippen molar-refractivity contribution in [3.8, 4) is 0 Å². The molecule has 4 aliphatic rings. The van der Waals surface area contributed by atoms with Crippen molar-refractivity contribution in [2.75, 3.05) is 33.0 Å². The first-order chi connectivity index (χ1) is 13.8. The maximum atomic E-state index is 10.3. The molecule has 6 atom stereocenters. The number of aliphatic hydroxyl groups excluding tert-OH is 3. The van der Waals surface area contributed by atoms with E-state index in [1.54, 1.807) is 0 Å². The maximum Gasteiger partial charge on any atom is 0.184 e. The van der Waals surface area contributed by atoms with Crippen molar-refractivity contribution in [1.82, 2.24) is 0 Å². The van der Waals surface area contributed by atoms with E-state index in [1.165, 1.54) is 0 Å². The van der Waals surface area contributed by atoms with E-state index >= 15 is 0 Å². The van der Waals surface area contributed by atoms with Crippen LogP contribution in [0, 0.1) is 5.41 Å². The predicted molar refractivity (Wildman–Crippen MR) is 98.9 cm³/mol. The fourth-order valence-corrected chi connectivity index (χ4v) is 4.55. The van der Waals surface area contributed by atoms with Crippen molar-refractivity contribution in [3.63, 3.8) is 0 Å². The number of fused-ring (bicyclic) bond motifs is 3. The van der Waals surface area contributed by atoms with Crippen LogP contribution < -0.4 is 0 Å². The summed E-state index contributed by atoms with van der Waals surface area (Å²) in [6.07, 6.45) is -0.184. The van der Waals surface area contributed by atoms with Crippen LogP contribution in [0.1, 0.15) is 39.5 Å². The van der Waals surface area contributed by atoms with E-state index in [0.29, 0.717) is 57.9 Å². The molecule has 0 radical (unpaired) electrons. The lowest BCUT2D eigenvalue weighted by Crippen LogP contribution is -2.51. The fraction of sp³-hybridized carbons (Fsp3) is 0.900. The maximum absolute atomic E-state index is 10.3. The molecule has 9 heteroatoms. The molecule has 4 heterocycles. The first-order valence-corrected chi connectivity index (χ1v) is 10.3. The van der Waals surface area contributed by atoms with Gasteiger partial charge >= 0.3 is 0 Å². The molecule has 0 aromatic rings. The summed E-state index contributed by atoms with van der Waals surface area (Å²) in [6.45, 7) is 5.17. The molecule has 3 fully saturated rings. The molecule has 3 saturated heterocycles. The second kappa shape index (κ2) is 8.30. The molecule has 166 valence electrons. The van der Waals surface area contributed by atoms with E-state index in [2.05, 4.69) is 0 Å². The second-order valence-corrected chi connectivity index (χ2v) is 8.83. The van der Waals surface area contributed by atoms with Crippen molar-refractivity contribution in [1.29, 1.82) is 0 Å². The largest absolute Gasteiger partial charge is 0.509 e. The van der Waals surface area contributed by atoms with Crippen molar-refractivity contribution in [2.45, 2.75) is 76.0 Å². The molecule has 0 aliphatic carbocycles. The Balaban J connectivity index is 1.23. The lowest BCUT2D eigenvalue weighted by molar-refractivity contribution is -0.310. The third kappa shape index (κ3) is 4.41. The molecular weight excluding hydrogens is 384 g/mol. The summed E-state index contributed by atoms with van der Waals surface area (Å²) in [6, 6.07) is 0. The molecule has 2 bridgehead atoms. The van der Waals surface area contributed by atoms with Crippen LogP contribution >= 0.6 is 0 Å². The highest BCUT2D eigenvalue weighted by atomic mass is 16.7. The van der Waals surface area contributed by atoms with Gasteiger partial charge in [0.25, 0.3) is 0 Å². The molecule has 0 saturated carbocycles. The third-order valence-electron chi connectivity index (χ3n) is 6.31. The quantitative estimate of drug-likeness (QED) is 0.522. The van der Waals surface area contributed by atoms with Crippen LogP contribution in [0.4, 0.5) is 0 Å². The van der Waals surface area contributed by atoms with Gasteiger partial charge in [-0.05, 0) is 26.7 Å². The lowest BCUT2D eigenvalue weighted by atomic mass is 9.74. The Labute approximate surface area is 170 Å². The Kier molecular flexibility index (Phi) is 6.09. The van der Waals surface area contributed by atoms with Crippen LogP contribution in [0.25, 0.3) is 0 Å². The average Bonchev–Trinajstić information content (AvgIpc) is 3.13. The van der Waals surface area contributed by atoms with Gasteiger partial charge in [-0.2, -0.15) is 0 Å². The molecule has 3 N–H and O–H groups in total. The molecule has 4 rings (SSSR count). The zero-order valence-electron chi connectivity index (χ0n) is 17.0. The zero-order valence-corrected chi connectivity index (χ0v) is 17.0. The normalized spacial score (nSPS) is 41.2. The zero-order chi connectivity index (χ0) is 20.6. The lowest BCUT2D eigenvalue weighted by Gasteiger charge is -2.43. The summed E-state index contributed by atoms with van der Waals surface area (Å²) in [5.74, 6) is 0.0327. The van der Waals surface area contributed by atoms with E-state index in [1.807, 2.05) is 13.8 Å². The molecule has 29 heavy (non-hydrogen) atoms. The summed E-state index contributed by atoms with van der Waals surface area (Å²) in [5.41, 5.74) is -0.564. The summed E-state index contributed by atoms with van der Waals surface area (Å²) in [5, 5.41) is 30.4. The van der Waals surface area contributed by atoms with E-state index in [9.17, 15) is 15.3 Å². The topological polar surface area (TPSA) is 116 Å². The fourth-order valence-electron chi connectivity index (χ4n) is 4.55. The van der Waals surface area contributed by atoms with Crippen LogP contribution in [-0.2, 0) is 28.4 Å². The Bertz CT molecular complexity index is 621. The SMILES string of the molecule is CC1(C)OCC2OC(CCOCCC3(CO)CC(O)[C@@H]4OCC3O4)=C(O)C[C@@H]2O1. The first kappa shape index (κ1) is 21.3. The highest BCUT2D eigenvalue weighted by Crippen LogP contribution is 2.43. The van der Waals surface area contributed by atoms with Crippen molar-refractivity contribution >= 4 is 0 Å². The summed E-state index contributed by atoms with van der Waals surface area (Å²) in [7, 11) is 0. The van der Waals surface area contributed by atoms with Crippen LogP contribution in [-0.4, -0.2) is 84.8 Å². The number of hydrogen-bond donors (Lipinski definition) is 3. The number of rotatable bonds is 7. The van der Waals surface area contributed by atoms with Crippen molar-refractivity contribution in [2.24, 2.45) is 5.41 Å². The van der Waals surface area contributed by atoms with E-state index in [0.717, 1.165) is 0 Å². The van der Waals surface area contributed by atoms with Crippen molar-refractivity contribution < 1.29 is 43.7 Å². The summed E-state index contributed by atoms with van der Waals surface area (Å²) >= 11 is 0. The minimum atomic E-state index is -0.739. The molecule has 0 aromatic heterocycles. The van der Waals surface area contributed by atoms with E-state index in [-0.39, 0.29) is 30.7 Å². The second-order valence-electron chi connectivity index (χ2n) is 8.83. The number of hydrogen-bond acceptors (Lipinski definition) is 9. The predicted octanol–water partition coefficient (Wildman–Crippen LogP) is 0.978. The minimum Gasteiger partial charge on any atom is -0.509 e. The highest BCUT2D eigenvalue weighted by molar-refractivity contribution is 5.08. The van der Waals surface area contributed by atoms with E-state index in [4.69, 9.17) is 28.4 Å². The van der Waals surface area contributed by atoms with Gasteiger partial charge in [-0.3, -0.25) is 0 Å². The first-order valence-electron chi connectivity index (χ1n) is 10.3. The van der Waals surface area contributed by atoms with Crippen LogP contribution in [0.5, 0.6) is 0 Å². The van der Waals surface area contributed by atoms with Gasteiger partial charge in [-0.1, -0.05) is 0 Å². The van der Waals surface area contributed by atoms with Gasteiger partial charge in [0.15, 0.2) is 12.1 Å². The van der Waals surface area contributed by atoms with Gasteiger partial charge in [0, 0.05) is 24.9 Å². The van der Waals surface area contributed by atoms with Gasteiger partial charge in [-0.15, -0.1) is 0 Å². The van der Waals surface area contributed by atoms with Crippen molar-refractivity contribution in [3.05, 3.63) is 11.5 Å². The average molecular weight is 416 g/mol. The Morgan fingerprint density at radius 1 is 1.17 bits per heavy atom. The molecule has 0 aromatic carbocycles. The smallest absolute Gasteiger partial charge is 0.184 e. The van der Waals surface area contributed by atoms with E-state index < -0.39 is 23.6 Å². The Morgan fingerprint density at radius 3 is 2.79 bits per heavy atom. The van der Waals surface area contributed by atoms with Gasteiger partial charge in [0.05, 0.1) is 32.5 Å². The third-order valence-corrected chi connectivity index (χ3v) is 6.31. The molecular formula is C20H32O9.